The van der Waals surface area contributed by atoms with Gasteiger partial charge in [-0.2, -0.15) is 0 Å². The smallest absolute Gasteiger partial charge is 0.125 e. The minimum Gasteiger partial charge on any atom is -0.467 e. The van der Waals surface area contributed by atoms with E-state index in [0.29, 0.717) is 0 Å². The van der Waals surface area contributed by atoms with Gasteiger partial charge in [-0.25, -0.2) is 4.98 Å². The van der Waals surface area contributed by atoms with Gasteiger partial charge in [-0.05, 0) is 31.2 Å². The van der Waals surface area contributed by atoms with Crippen LogP contribution in [0.15, 0.2) is 65.8 Å². The monoisotopic (exact) mass is 253 g/mol. The molecule has 96 valence electrons. The second kappa shape index (κ2) is 5.02. The van der Waals surface area contributed by atoms with Crippen molar-refractivity contribution in [1.82, 2.24) is 9.55 Å². The zero-order chi connectivity index (χ0) is 13.1. The number of furan rings is 1. The summed E-state index contributed by atoms with van der Waals surface area (Å²) < 4.78 is 7.40. The molecule has 2 heterocycles. The number of para-hydroxylation sites is 2. The molecule has 0 spiro atoms. The molecule has 0 aliphatic carbocycles. The van der Waals surface area contributed by atoms with Gasteiger partial charge in [0.15, 0.2) is 0 Å². The highest BCUT2D eigenvalue weighted by atomic mass is 16.3. The van der Waals surface area contributed by atoms with Crippen molar-refractivity contribution in [2.24, 2.45) is 0 Å². The largest absolute Gasteiger partial charge is 0.467 e. The Hall–Kier alpha value is -2.49. The predicted octanol–water partition coefficient (Wildman–Crippen LogP) is 3.64. The van der Waals surface area contributed by atoms with E-state index >= 15 is 0 Å². The molecule has 0 amide bonds. The molecule has 3 rings (SSSR count). The Morgan fingerprint density at radius 2 is 2.11 bits per heavy atom. The summed E-state index contributed by atoms with van der Waals surface area (Å²) in [7, 11) is 0. The molecule has 0 saturated carbocycles. The number of nitrogens with one attached hydrogen (secondary N) is 1. The second-order valence-corrected chi connectivity index (χ2v) is 4.37. The zero-order valence-electron chi connectivity index (χ0n) is 10.7. The quantitative estimate of drug-likeness (QED) is 0.772. The van der Waals surface area contributed by atoms with Crippen LogP contribution in [0.1, 0.15) is 18.7 Å². The molecule has 1 atom stereocenters. The minimum atomic E-state index is 0.111. The predicted molar refractivity (Wildman–Crippen MR) is 74.3 cm³/mol. The van der Waals surface area contributed by atoms with Crippen LogP contribution in [-0.4, -0.2) is 9.55 Å². The highest BCUT2D eigenvalue weighted by Crippen LogP contribution is 2.25. The van der Waals surface area contributed by atoms with Crippen molar-refractivity contribution in [1.29, 1.82) is 0 Å². The lowest BCUT2D eigenvalue weighted by molar-refractivity contribution is 0.490. The normalized spacial score (nSPS) is 12.3. The van der Waals surface area contributed by atoms with Crippen LogP contribution in [0.2, 0.25) is 0 Å². The van der Waals surface area contributed by atoms with E-state index in [1.165, 1.54) is 0 Å². The number of nitrogens with zero attached hydrogens (tertiary/aromatic N) is 2. The Morgan fingerprint density at radius 1 is 1.21 bits per heavy atom. The summed E-state index contributed by atoms with van der Waals surface area (Å²) in [6.07, 6.45) is 7.18. The minimum absolute atomic E-state index is 0.111. The van der Waals surface area contributed by atoms with E-state index in [9.17, 15) is 0 Å². The van der Waals surface area contributed by atoms with Crippen LogP contribution in [0.25, 0.3) is 5.69 Å². The lowest BCUT2D eigenvalue weighted by Gasteiger charge is -2.16. The van der Waals surface area contributed by atoms with E-state index in [1.54, 1.807) is 18.8 Å². The summed E-state index contributed by atoms with van der Waals surface area (Å²) >= 11 is 0. The van der Waals surface area contributed by atoms with Crippen LogP contribution in [0.5, 0.6) is 0 Å². The molecule has 19 heavy (non-hydrogen) atoms. The molecular formula is C15H15N3O. The van der Waals surface area contributed by atoms with Gasteiger partial charge in [0.1, 0.15) is 5.76 Å². The van der Waals surface area contributed by atoms with Crippen molar-refractivity contribution in [3.8, 4) is 5.69 Å². The van der Waals surface area contributed by atoms with E-state index < -0.39 is 0 Å². The lowest BCUT2D eigenvalue weighted by atomic mass is 10.2. The van der Waals surface area contributed by atoms with Crippen LogP contribution in [0, 0.1) is 0 Å². The molecule has 1 aromatic carbocycles. The van der Waals surface area contributed by atoms with E-state index in [2.05, 4.69) is 29.4 Å². The van der Waals surface area contributed by atoms with E-state index in [-0.39, 0.29) is 6.04 Å². The average Bonchev–Trinajstić information content (AvgIpc) is 3.13. The van der Waals surface area contributed by atoms with E-state index in [4.69, 9.17) is 4.42 Å². The molecule has 1 unspecified atom stereocenters. The molecule has 4 nitrogen and oxygen atoms in total. The van der Waals surface area contributed by atoms with Gasteiger partial charge in [0, 0.05) is 12.4 Å². The van der Waals surface area contributed by atoms with Crippen LogP contribution < -0.4 is 5.32 Å². The number of anilines is 1. The van der Waals surface area contributed by atoms with E-state index in [1.807, 2.05) is 35.0 Å². The molecule has 0 saturated heterocycles. The van der Waals surface area contributed by atoms with Crippen molar-refractivity contribution in [3.63, 3.8) is 0 Å². The number of aromatic nitrogens is 2. The highest BCUT2D eigenvalue weighted by molar-refractivity contribution is 5.61. The maximum Gasteiger partial charge on any atom is 0.125 e. The second-order valence-electron chi connectivity index (χ2n) is 4.37. The Balaban J connectivity index is 1.89. The lowest BCUT2D eigenvalue weighted by Crippen LogP contribution is -2.08. The molecular weight excluding hydrogens is 238 g/mol. The molecule has 1 N–H and O–H groups in total. The van der Waals surface area contributed by atoms with Crippen molar-refractivity contribution in [3.05, 3.63) is 67.1 Å². The van der Waals surface area contributed by atoms with Gasteiger partial charge in [0.05, 0.1) is 30.0 Å². The fourth-order valence-corrected chi connectivity index (χ4v) is 2.06. The summed E-state index contributed by atoms with van der Waals surface area (Å²) in [5, 5.41) is 3.46. The topological polar surface area (TPSA) is 43.0 Å². The Morgan fingerprint density at radius 3 is 2.84 bits per heavy atom. The standard InChI is InChI=1S/C15H15N3O/c1-12(15-7-4-10-19-15)17-13-5-2-3-6-14(13)18-9-8-16-11-18/h2-12,17H,1H3. The van der Waals surface area contributed by atoms with Gasteiger partial charge >= 0.3 is 0 Å². The van der Waals surface area contributed by atoms with E-state index in [0.717, 1.165) is 17.1 Å². The number of rotatable bonds is 4. The van der Waals surface area contributed by atoms with Crippen LogP contribution in [-0.2, 0) is 0 Å². The average molecular weight is 253 g/mol. The van der Waals surface area contributed by atoms with Gasteiger partial charge in [-0.15, -0.1) is 0 Å². The number of hydrogen-bond acceptors (Lipinski definition) is 3. The molecule has 2 aromatic heterocycles. The van der Waals surface area contributed by atoms with Gasteiger partial charge in [0.25, 0.3) is 0 Å². The number of hydrogen-bond donors (Lipinski definition) is 1. The molecule has 0 aliphatic heterocycles. The Kier molecular flexibility index (Phi) is 3.06. The molecule has 0 radical (unpaired) electrons. The third kappa shape index (κ3) is 2.38. The number of imidazole rings is 1. The van der Waals surface area contributed by atoms with Crippen molar-refractivity contribution < 1.29 is 4.42 Å². The summed E-state index contributed by atoms with van der Waals surface area (Å²) in [6, 6.07) is 12.1. The molecule has 3 aromatic rings. The van der Waals surface area contributed by atoms with Gasteiger partial charge < -0.3 is 14.3 Å². The zero-order valence-corrected chi connectivity index (χ0v) is 10.7. The summed E-state index contributed by atoms with van der Waals surface area (Å²) in [6.45, 7) is 2.07. The summed E-state index contributed by atoms with van der Waals surface area (Å²) in [5.41, 5.74) is 2.11. The van der Waals surface area contributed by atoms with Gasteiger partial charge in [-0.3, -0.25) is 0 Å². The maximum atomic E-state index is 5.42. The molecule has 0 fully saturated rings. The van der Waals surface area contributed by atoms with Crippen molar-refractivity contribution in [2.45, 2.75) is 13.0 Å². The van der Waals surface area contributed by atoms with Gasteiger partial charge in [0.2, 0.25) is 0 Å². The fraction of sp³-hybridized carbons (Fsp3) is 0.133. The highest BCUT2D eigenvalue weighted by Gasteiger charge is 2.10. The third-order valence-electron chi connectivity index (χ3n) is 3.03. The van der Waals surface area contributed by atoms with Crippen molar-refractivity contribution in [2.75, 3.05) is 5.32 Å². The SMILES string of the molecule is CC(Nc1ccccc1-n1ccnc1)c1ccco1. The molecule has 0 bridgehead atoms. The summed E-state index contributed by atoms with van der Waals surface area (Å²) in [5.74, 6) is 0.917. The number of benzene rings is 1. The first-order valence-electron chi connectivity index (χ1n) is 6.22. The Labute approximate surface area is 111 Å². The molecule has 0 aliphatic rings. The van der Waals surface area contributed by atoms with Gasteiger partial charge in [-0.1, -0.05) is 12.1 Å². The Bertz CT molecular complexity index is 629. The molecule has 4 heteroatoms. The van der Waals surface area contributed by atoms with Crippen LogP contribution in [0.3, 0.4) is 0 Å². The maximum absolute atomic E-state index is 5.42. The first-order valence-corrected chi connectivity index (χ1v) is 6.22. The van der Waals surface area contributed by atoms with Crippen molar-refractivity contribution >= 4 is 5.69 Å². The first-order chi connectivity index (χ1) is 9.34. The fourth-order valence-electron chi connectivity index (χ4n) is 2.06. The first kappa shape index (κ1) is 11.6. The third-order valence-corrected chi connectivity index (χ3v) is 3.03. The van der Waals surface area contributed by atoms with Crippen LogP contribution >= 0.6 is 0 Å². The van der Waals surface area contributed by atoms with Crippen LogP contribution in [0.4, 0.5) is 5.69 Å². The summed E-state index contributed by atoms with van der Waals surface area (Å²) in [4.78, 5) is 4.09.